The molecule has 0 radical (unpaired) electrons. The van der Waals surface area contributed by atoms with Crippen molar-refractivity contribution in [3.8, 4) is 0 Å². The van der Waals surface area contributed by atoms with Gasteiger partial charge in [-0.3, -0.25) is 9.59 Å². The highest BCUT2D eigenvalue weighted by Crippen LogP contribution is 2.30. The van der Waals surface area contributed by atoms with Gasteiger partial charge in [0.25, 0.3) is 0 Å². The van der Waals surface area contributed by atoms with E-state index in [-0.39, 0.29) is 23.1 Å². The molecule has 0 saturated carbocycles. The molecule has 0 N–H and O–H groups in total. The van der Waals surface area contributed by atoms with E-state index in [1.54, 1.807) is 6.92 Å². The lowest BCUT2D eigenvalue weighted by molar-refractivity contribution is -0.123. The summed E-state index contributed by atoms with van der Waals surface area (Å²) < 4.78 is 10.8. The first-order valence-electron chi connectivity index (χ1n) is 6.98. The summed E-state index contributed by atoms with van der Waals surface area (Å²) in [5, 5.41) is 0. The summed E-state index contributed by atoms with van der Waals surface area (Å²) in [5.74, 6) is -0.545. The molecule has 1 aliphatic carbocycles. The van der Waals surface area contributed by atoms with Crippen LogP contribution in [0.25, 0.3) is 0 Å². The van der Waals surface area contributed by atoms with Gasteiger partial charge in [0, 0.05) is 11.1 Å². The summed E-state index contributed by atoms with van der Waals surface area (Å²) in [7, 11) is 1.38. The van der Waals surface area contributed by atoms with Crippen molar-refractivity contribution in [2.45, 2.75) is 53.6 Å². The molecule has 116 valence electrons. The highest BCUT2D eigenvalue weighted by Gasteiger charge is 2.36. The fourth-order valence-corrected chi connectivity index (χ4v) is 1.96. The number of carbonyl (C=O) groups is 2. The zero-order valence-corrected chi connectivity index (χ0v) is 13.9. The molecular formula is C17H24O4. The Balaban J connectivity index is 3.29. The van der Waals surface area contributed by atoms with E-state index in [2.05, 4.69) is 0 Å². The number of ether oxygens (including phenoxy) is 2. The van der Waals surface area contributed by atoms with Gasteiger partial charge in [0.1, 0.15) is 5.60 Å². The van der Waals surface area contributed by atoms with Crippen LogP contribution in [0.4, 0.5) is 0 Å². The smallest absolute Gasteiger partial charge is 0.228 e. The Bertz CT molecular complexity index is 550. The quantitative estimate of drug-likeness (QED) is 0.588. The van der Waals surface area contributed by atoms with E-state index in [1.165, 1.54) is 7.11 Å². The van der Waals surface area contributed by atoms with Crippen molar-refractivity contribution in [2.75, 3.05) is 7.11 Å². The Morgan fingerprint density at radius 3 is 2.10 bits per heavy atom. The van der Waals surface area contributed by atoms with Gasteiger partial charge < -0.3 is 9.47 Å². The zero-order chi connectivity index (χ0) is 16.4. The third-order valence-corrected chi connectivity index (χ3v) is 3.01. The van der Waals surface area contributed by atoms with Gasteiger partial charge in [-0.1, -0.05) is 11.6 Å². The summed E-state index contributed by atoms with van der Waals surface area (Å²) in [5.41, 5.74) is 1.41. The van der Waals surface area contributed by atoms with Crippen molar-refractivity contribution in [2.24, 2.45) is 0 Å². The van der Waals surface area contributed by atoms with Crippen LogP contribution >= 0.6 is 0 Å². The molecule has 0 aromatic rings. The van der Waals surface area contributed by atoms with Crippen LogP contribution in [0.2, 0.25) is 0 Å². The number of allylic oxidation sites excluding steroid dienone is 4. The normalized spacial score (nSPS) is 16.3. The van der Waals surface area contributed by atoms with E-state index in [9.17, 15) is 9.59 Å². The predicted octanol–water partition coefficient (Wildman–Crippen LogP) is 3.48. The number of methoxy groups -OCH3 is 1. The first kappa shape index (κ1) is 17.2. The van der Waals surface area contributed by atoms with E-state index in [0.717, 1.165) is 5.57 Å². The van der Waals surface area contributed by atoms with Gasteiger partial charge >= 0.3 is 0 Å². The molecule has 0 fully saturated rings. The SMILES string of the molecule is COC1=C(OC(C)(C)C)C(=O)C(CC=C(C)C)=C(C)C1=O. The van der Waals surface area contributed by atoms with Gasteiger partial charge in [0.05, 0.1) is 7.11 Å². The number of carbonyl (C=O) groups excluding carboxylic acids is 2. The average molecular weight is 292 g/mol. The van der Waals surface area contributed by atoms with Gasteiger partial charge in [-0.05, 0) is 48.0 Å². The molecule has 0 bridgehead atoms. The number of Topliss-reactive ketones (excluding diaryl/α,β-unsaturated/α-hetero) is 2. The molecule has 0 saturated heterocycles. The monoisotopic (exact) mass is 292 g/mol. The third-order valence-electron chi connectivity index (χ3n) is 3.01. The molecule has 0 spiro atoms. The molecule has 0 atom stereocenters. The van der Waals surface area contributed by atoms with Crippen molar-refractivity contribution in [1.29, 1.82) is 0 Å². The van der Waals surface area contributed by atoms with Crippen LogP contribution in [0.1, 0.15) is 48.0 Å². The molecule has 1 aliphatic rings. The third kappa shape index (κ3) is 4.06. The van der Waals surface area contributed by atoms with Crippen LogP contribution < -0.4 is 0 Å². The van der Waals surface area contributed by atoms with Crippen molar-refractivity contribution < 1.29 is 19.1 Å². The first-order chi connectivity index (χ1) is 9.58. The van der Waals surface area contributed by atoms with Gasteiger partial charge in [0.15, 0.2) is 0 Å². The van der Waals surface area contributed by atoms with E-state index < -0.39 is 5.60 Å². The second-order valence-electron chi connectivity index (χ2n) is 6.32. The molecule has 21 heavy (non-hydrogen) atoms. The predicted molar refractivity (Wildman–Crippen MR) is 81.6 cm³/mol. The van der Waals surface area contributed by atoms with Crippen molar-refractivity contribution in [3.05, 3.63) is 34.3 Å². The van der Waals surface area contributed by atoms with E-state index in [1.807, 2.05) is 40.7 Å². The Labute approximate surface area is 126 Å². The van der Waals surface area contributed by atoms with Gasteiger partial charge in [-0.2, -0.15) is 0 Å². The average Bonchev–Trinajstić information content (AvgIpc) is 2.34. The van der Waals surface area contributed by atoms with Crippen LogP contribution in [0.5, 0.6) is 0 Å². The molecule has 0 heterocycles. The summed E-state index contributed by atoms with van der Waals surface area (Å²) in [6, 6.07) is 0. The Morgan fingerprint density at radius 2 is 1.67 bits per heavy atom. The standard InChI is InChI=1S/C17H24O4/c1-10(2)8-9-12-11(3)13(18)15(20-7)16(14(12)19)21-17(4,5)6/h8H,9H2,1-7H3. The molecule has 0 aliphatic heterocycles. The molecule has 0 aromatic heterocycles. The molecule has 0 aromatic carbocycles. The fraction of sp³-hybridized carbons (Fsp3) is 0.529. The van der Waals surface area contributed by atoms with Crippen LogP contribution in [-0.2, 0) is 19.1 Å². The summed E-state index contributed by atoms with van der Waals surface area (Å²) in [6.45, 7) is 11.0. The van der Waals surface area contributed by atoms with Crippen molar-refractivity contribution >= 4 is 11.6 Å². The van der Waals surface area contributed by atoms with Gasteiger partial charge in [0.2, 0.25) is 23.1 Å². The minimum Gasteiger partial charge on any atom is -0.489 e. The summed E-state index contributed by atoms with van der Waals surface area (Å²) in [6.07, 6.45) is 2.35. The second-order valence-corrected chi connectivity index (χ2v) is 6.32. The second kappa shape index (κ2) is 6.29. The maximum absolute atomic E-state index is 12.6. The number of ketones is 2. The van der Waals surface area contributed by atoms with Crippen molar-refractivity contribution in [1.82, 2.24) is 0 Å². The highest BCUT2D eigenvalue weighted by molar-refractivity contribution is 6.23. The Morgan fingerprint density at radius 1 is 1.10 bits per heavy atom. The lowest BCUT2D eigenvalue weighted by Gasteiger charge is -2.27. The lowest BCUT2D eigenvalue weighted by atomic mass is 9.90. The number of hydrogen-bond donors (Lipinski definition) is 0. The first-order valence-corrected chi connectivity index (χ1v) is 6.98. The maximum atomic E-state index is 12.6. The maximum Gasteiger partial charge on any atom is 0.228 e. The molecule has 4 nitrogen and oxygen atoms in total. The summed E-state index contributed by atoms with van der Waals surface area (Å²) >= 11 is 0. The topological polar surface area (TPSA) is 52.6 Å². The van der Waals surface area contributed by atoms with Crippen LogP contribution in [0.3, 0.4) is 0 Å². The highest BCUT2D eigenvalue weighted by atomic mass is 16.5. The van der Waals surface area contributed by atoms with Crippen LogP contribution in [-0.4, -0.2) is 24.3 Å². The lowest BCUT2D eigenvalue weighted by Crippen LogP contribution is -2.30. The summed E-state index contributed by atoms with van der Waals surface area (Å²) in [4.78, 5) is 25.0. The Kier molecular flexibility index (Phi) is 5.15. The fourth-order valence-electron chi connectivity index (χ4n) is 1.96. The van der Waals surface area contributed by atoms with Crippen molar-refractivity contribution in [3.63, 3.8) is 0 Å². The van der Waals surface area contributed by atoms with Crippen LogP contribution in [0, 0.1) is 0 Å². The Hall–Kier alpha value is -1.84. The molecule has 1 rings (SSSR count). The minimum atomic E-state index is -0.581. The minimum absolute atomic E-state index is 0.00613. The molecular weight excluding hydrogens is 268 g/mol. The molecule has 4 heteroatoms. The van der Waals surface area contributed by atoms with E-state index >= 15 is 0 Å². The molecule has 0 amide bonds. The number of rotatable bonds is 4. The van der Waals surface area contributed by atoms with Crippen LogP contribution in [0.15, 0.2) is 34.3 Å². The zero-order valence-electron chi connectivity index (χ0n) is 13.9. The van der Waals surface area contributed by atoms with Gasteiger partial charge in [-0.25, -0.2) is 0 Å². The molecule has 0 unspecified atom stereocenters. The number of hydrogen-bond acceptors (Lipinski definition) is 4. The largest absolute Gasteiger partial charge is 0.489 e. The van der Waals surface area contributed by atoms with Gasteiger partial charge in [-0.15, -0.1) is 0 Å². The van der Waals surface area contributed by atoms with E-state index in [4.69, 9.17) is 9.47 Å². The van der Waals surface area contributed by atoms with E-state index in [0.29, 0.717) is 17.6 Å².